The van der Waals surface area contributed by atoms with E-state index >= 15 is 0 Å². The van der Waals surface area contributed by atoms with Crippen LogP contribution < -0.4 is 21.1 Å². The van der Waals surface area contributed by atoms with Gasteiger partial charge in [-0.1, -0.05) is 48.5 Å². The number of amides is 1. The molecule has 6 heteroatoms. The molecule has 0 saturated carbocycles. The van der Waals surface area contributed by atoms with Gasteiger partial charge < -0.3 is 21.1 Å². The van der Waals surface area contributed by atoms with Crippen LogP contribution in [0, 0.1) is 5.41 Å². The summed E-state index contributed by atoms with van der Waals surface area (Å²) in [6, 6.07) is 22.3. The normalized spacial score (nSPS) is 17.6. The van der Waals surface area contributed by atoms with Crippen LogP contribution in [0.3, 0.4) is 0 Å². The zero-order valence-corrected chi connectivity index (χ0v) is 17.1. The monoisotopic (exact) mass is 404 g/mol. The smallest absolute Gasteiger partial charge is 0.207 e. The van der Waals surface area contributed by atoms with Crippen molar-refractivity contribution >= 4 is 23.0 Å². The van der Waals surface area contributed by atoms with E-state index in [1.807, 2.05) is 42.5 Å². The minimum Gasteiger partial charge on any atom is -0.489 e. The summed E-state index contributed by atoms with van der Waals surface area (Å²) in [4.78, 5) is 10.1. The van der Waals surface area contributed by atoms with E-state index in [0.717, 1.165) is 30.7 Å². The van der Waals surface area contributed by atoms with Crippen LogP contribution in [-0.2, 0) is 11.3 Å². The van der Waals surface area contributed by atoms with E-state index < -0.39 is 0 Å². The SMILES string of the molecule is CC1C[C@@H](Oc2cccc(C(=N)N)c2)CN1.O=CNCc1ccc2ccccc2c1. The Morgan fingerprint density at radius 3 is 2.67 bits per heavy atom. The highest BCUT2D eigenvalue weighted by Gasteiger charge is 2.21. The Morgan fingerprint density at radius 2 is 1.97 bits per heavy atom. The van der Waals surface area contributed by atoms with Crippen LogP contribution in [0.1, 0.15) is 24.5 Å². The Hall–Kier alpha value is -3.38. The summed E-state index contributed by atoms with van der Waals surface area (Å²) in [5, 5.41) is 15.8. The van der Waals surface area contributed by atoms with Gasteiger partial charge in [-0.05, 0) is 41.5 Å². The summed E-state index contributed by atoms with van der Waals surface area (Å²) in [6.07, 6.45) is 1.96. The number of nitrogens with one attached hydrogen (secondary N) is 3. The molecule has 1 heterocycles. The lowest BCUT2D eigenvalue weighted by atomic mass is 10.1. The third-order valence-electron chi connectivity index (χ3n) is 4.96. The molecule has 0 aliphatic carbocycles. The van der Waals surface area contributed by atoms with Gasteiger partial charge in [0.25, 0.3) is 0 Å². The van der Waals surface area contributed by atoms with Crippen molar-refractivity contribution in [2.24, 2.45) is 5.73 Å². The van der Waals surface area contributed by atoms with Crippen molar-refractivity contribution in [2.45, 2.75) is 32.0 Å². The first-order valence-corrected chi connectivity index (χ1v) is 10.0. The van der Waals surface area contributed by atoms with E-state index in [1.54, 1.807) is 0 Å². The third kappa shape index (κ3) is 6.06. The number of carbonyl (C=O) groups is 1. The van der Waals surface area contributed by atoms with Crippen LogP contribution in [0.2, 0.25) is 0 Å². The first-order chi connectivity index (χ1) is 14.5. The molecule has 0 spiro atoms. The molecule has 156 valence electrons. The summed E-state index contributed by atoms with van der Waals surface area (Å²) in [5.74, 6) is 0.858. The summed E-state index contributed by atoms with van der Waals surface area (Å²) in [7, 11) is 0. The number of nitrogens with two attached hydrogens (primary N) is 1. The van der Waals surface area contributed by atoms with Crippen molar-refractivity contribution in [3.63, 3.8) is 0 Å². The molecule has 0 aromatic heterocycles. The molecule has 3 aromatic carbocycles. The van der Waals surface area contributed by atoms with Gasteiger partial charge in [-0.2, -0.15) is 0 Å². The van der Waals surface area contributed by atoms with Crippen LogP contribution in [0.4, 0.5) is 0 Å². The summed E-state index contributed by atoms with van der Waals surface area (Å²) in [6.45, 7) is 3.62. The van der Waals surface area contributed by atoms with E-state index in [2.05, 4.69) is 41.8 Å². The minimum absolute atomic E-state index is 0.0726. The standard InChI is InChI=1S/C12H17N3O.C12H11NO/c1-8-5-11(7-15-8)16-10-4-2-3-9(6-10)12(13)14;14-9-13-8-10-5-6-11-3-1-2-4-12(11)7-10/h2-4,6,8,11,15H,5,7H2,1H3,(H3,13,14);1-7,9H,8H2,(H,13,14)/t8?,11-;/m1./s1. The highest BCUT2D eigenvalue weighted by Crippen LogP contribution is 2.18. The lowest BCUT2D eigenvalue weighted by Crippen LogP contribution is -2.20. The Kier molecular flexibility index (Phi) is 7.40. The van der Waals surface area contributed by atoms with Gasteiger partial charge >= 0.3 is 0 Å². The summed E-state index contributed by atoms with van der Waals surface area (Å²) < 4.78 is 5.82. The lowest BCUT2D eigenvalue weighted by molar-refractivity contribution is -0.109. The molecule has 2 atom stereocenters. The highest BCUT2D eigenvalue weighted by atomic mass is 16.5. The fourth-order valence-corrected chi connectivity index (χ4v) is 3.42. The predicted molar refractivity (Wildman–Crippen MR) is 121 cm³/mol. The van der Waals surface area contributed by atoms with E-state index in [-0.39, 0.29) is 11.9 Å². The topological polar surface area (TPSA) is 100 Å². The molecule has 4 rings (SSSR count). The molecule has 30 heavy (non-hydrogen) atoms. The quantitative estimate of drug-likeness (QED) is 0.288. The zero-order chi connectivity index (χ0) is 21.3. The largest absolute Gasteiger partial charge is 0.489 e. The molecule has 1 saturated heterocycles. The Morgan fingerprint density at radius 1 is 1.17 bits per heavy atom. The van der Waals surface area contributed by atoms with Crippen LogP contribution in [0.15, 0.2) is 66.7 Å². The van der Waals surface area contributed by atoms with Crippen molar-refractivity contribution in [1.29, 1.82) is 5.41 Å². The molecule has 0 radical (unpaired) electrons. The molecule has 1 amide bonds. The fraction of sp³-hybridized carbons (Fsp3) is 0.250. The van der Waals surface area contributed by atoms with E-state index in [1.165, 1.54) is 10.8 Å². The number of carbonyl (C=O) groups excluding carboxylic acids is 1. The molecule has 6 nitrogen and oxygen atoms in total. The van der Waals surface area contributed by atoms with Crippen molar-refractivity contribution < 1.29 is 9.53 Å². The molecule has 1 aliphatic heterocycles. The van der Waals surface area contributed by atoms with Gasteiger partial charge in [0.15, 0.2) is 0 Å². The molecule has 1 aliphatic rings. The Labute approximate surface area is 176 Å². The number of nitrogen functional groups attached to an aromatic ring is 1. The van der Waals surface area contributed by atoms with Crippen LogP contribution in [-0.4, -0.2) is 30.9 Å². The molecular formula is C24H28N4O2. The van der Waals surface area contributed by atoms with E-state index in [0.29, 0.717) is 18.2 Å². The van der Waals surface area contributed by atoms with E-state index in [9.17, 15) is 4.79 Å². The maximum atomic E-state index is 10.1. The second-order valence-corrected chi connectivity index (χ2v) is 7.41. The second kappa shape index (κ2) is 10.4. The van der Waals surface area contributed by atoms with Gasteiger partial charge in [-0.3, -0.25) is 10.2 Å². The Bertz CT molecular complexity index is 1010. The number of fused-ring (bicyclic) bond motifs is 1. The lowest BCUT2D eigenvalue weighted by Gasteiger charge is -2.13. The average Bonchev–Trinajstić information content (AvgIpc) is 3.17. The highest BCUT2D eigenvalue weighted by molar-refractivity contribution is 5.95. The van der Waals surface area contributed by atoms with Crippen LogP contribution >= 0.6 is 0 Å². The first-order valence-electron chi connectivity index (χ1n) is 10.0. The third-order valence-corrected chi connectivity index (χ3v) is 4.96. The molecule has 1 unspecified atom stereocenters. The summed E-state index contributed by atoms with van der Waals surface area (Å²) in [5.41, 5.74) is 7.25. The van der Waals surface area contributed by atoms with Crippen molar-refractivity contribution in [3.8, 4) is 5.75 Å². The number of benzene rings is 3. The number of ether oxygens (including phenoxy) is 1. The van der Waals surface area contributed by atoms with Crippen LogP contribution in [0.5, 0.6) is 5.75 Å². The molecular weight excluding hydrogens is 376 g/mol. The molecule has 3 aromatic rings. The van der Waals surface area contributed by atoms with Gasteiger partial charge in [0.05, 0.1) is 0 Å². The zero-order valence-electron chi connectivity index (χ0n) is 17.1. The number of amidine groups is 1. The minimum atomic E-state index is 0.0726. The summed E-state index contributed by atoms with van der Waals surface area (Å²) >= 11 is 0. The Balaban J connectivity index is 0.000000172. The first kappa shape index (κ1) is 21.3. The molecule has 1 fully saturated rings. The average molecular weight is 405 g/mol. The van der Waals surface area contributed by atoms with Crippen LogP contribution in [0.25, 0.3) is 10.8 Å². The second-order valence-electron chi connectivity index (χ2n) is 7.41. The van der Waals surface area contributed by atoms with Crippen molar-refractivity contribution in [3.05, 3.63) is 77.9 Å². The molecule has 0 bridgehead atoms. The number of hydrogen-bond donors (Lipinski definition) is 4. The number of rotatable bonds is 6. The number of hydrogen-bond acceptors (Lipinski definition) is 4. The fourth-order valence-electron chi connectivity index (χ4n) is 3.42. The van der Waals surface area contributed by atoms with Gasteiger partial charge in [0.2, 0.25) is 6.41 Å². The van der Waals surface area contributed by atoms with E-state index in [4.69, 9.17) is 15.9 Å². The predicted octanol–water partition coefficient (Wildman–Crippen LogP) is 3.19. The van der Waals surface area contributed by atoms with Gasteiger partial charge in [0.1, 0.15) is 17.7 Å². The van der Waals surface area contributed by atoms with Crippen molar-refractivity contribution in [1.82, 2.24) is 10.6 Å². The van der Waals surface area contributed by atoms with Crippen molar-refractivity contribution in [2.75, 3.05) is 6.54 Å². The van der Waals surface area contributed by atoms with Gasteiger partial charge in [-0.15, -0.1) is 0 Å². The maximum Gasteiger partial charge on any atom is 0.207 e. The van der Waals surface area contributed by atoms with Gasteiger partial charge in [-0.25, -0.2) is 0 Å². The maximum absolute atomic E-state index is 10.1. The molecule has 5 N–H and O–H groups in total. The van der Waals surface area contributed by atoms with Gasteiger partial charge in [0, 0.05) is 31.1 Å².